The Hall–Kier alpha value is -0.980. The van der Waals surface area contributed by atoms with E-state index in [-0.39, 0.29) is 11.5 Å². The van der Waals surface area contributed by atoms with Crippen molar-refractivity contribution < 1.29 is 17.9 Å². The highest BCUT2D eigenvalue weighted by molar-refractivity contribution is 7.91. The monoisotopic (exact) mass is 301 g/mol. The second-order valence-corrected chi connectivity index (χ2v) is 7.48. The molecule has 6 heteroatoms. The predicted octanol–water partition coefficient (Wildman–Crippen LogP) is 1.37. The van der Waals surface area contributed by atoms with Crippen LogP contribution in [0.15, 0.2) is 24.3 Å². The summed E-state index contributed by atoms with van der Waals surface area (Å²) in [6.45, 7) is 1.78. The maximum Gasteiger partial charge on any atom is 0.151 e. The second-order valence-electron chi connectivity index (χ2n) is 5.17. The summed E-state index contributed by atoms with van der Waals surface area (Å²) >= 11 is 0. The van der Waals surface area contributed by atoms with E-state index in [0.29, 0.717) is 38.0 Å². The molecular weight excluding hydrogens is 281 g/mol. The zero-order chi connectivity index (χ0) is 14.6. The van der Waals surface area contributed by atoms with Crippen LogP contribution in [-0.4, -0.2) is 49.6 Å². The van der Waals surface area contributed by atoms with Gasteiger partial charge in [0, 0.05) is 18.7 Å². The maximum atomic E-state index is 13.5. The Labute approximate surface area is 119 Å². The van der Waals surface area contributed by atoms with Crippen LogP contribution < -0.4 is 0 Å². The van der Waals surface area contributed by atoms with Gasteiger partial charge in [-0.05, 0) is 25.5 Å². The van der Waals surface area contributed by atoms with Crippen LogP contribution in [0, 0.1) is 5.82 Å². The van der Waals surface area contributed by atoms with Crippen LogP contribution in [0.4, 0.5) is 4.39 Å². The van der Waals surface area contributed by atoms with Crippen LogP contribution in [0.5, 0.6) is 0 Å². The molecule has 2 rings (SSSR count). The predicted molar refractivity (Wildman–Crippen MR) is 75.7 cm³/mol. The lowest BCUT2D eigenvalue weighted by molar-refractivity contribution is 0.140. The zero-order valence-electron chi connectivity index (χ0n) is 11.3. The van der Waals surface area contributed by atoms with E-state index < -0.39 is 21.8 Å². The van der Waals surface area contributed by atoms with E-state index in [9.17, 15) is 17.9 Å². The number of hydrogen-bond acceptors (Lipinski definition) is 4. The van der Waals surface area contributed by atoms with Gasteiger partial charge in [-0.15, -0.1) is 0 Å². The summed E-state index contributed by atoms with van der Waals surface area (Å²) in [7, 11) is -2.91. The third-order valence-electron chi connectivity index (χ3n) is 3.63. The van der Waals surface area contributed by atoms with Gasteiger partial charge in [0.1, 0.15) is 5.82 Å². The molecular formula is C14H20FNO3S. The highest BCUT2D eigenvalue weighted by atomic mass is 32.2. The fourth-order valence-corrected chi connectivity index (χ4v) is 3.73. The largest absolute Gasteiger partial charge is 0.388 e. The molecule has 1 aliphatic rings. The van der Waals surface area contributed by atoms with E-state index in [1.54, 1.807) is 18.2 Å². The molecule has 1 fully saturated rings. The highest BCUT2D eigenvalue weighted by Gasteiger charge is 2.20. The molecule has 20 heavy (non-hydrogen) atoms. The number of nitrogens with zero attached hydrogens (tertiary/aromatic N) is 1. The lowest BCUT2D eigenvalue weighted by Gasteiger charge is -2.21. The van der Waals surface area contributed by atoms with Crippen molar-refractivity contribution in [3.05, 3.63) is 35.6 Å². The number of benzene rings is 1. The first kappa shape index (κ1) is 15.4. The van der Waals surface area contributed by atoms with Crippen molar-refractivity contribution in [1.29, 1.82) is 0 Å². The lowest BCUT2D eigenvalue weighted by Crippen LogP contribution is -2.29. The Morgan fingerprint density at radius 1 is 1.25 bits per heavy atom. The summed E-state index contributed by atoms with van der Waals surface area (Å²) in [6.07, 6.45) is 0.176. The van der Waals surface area contributed by atoms with Crippen molar-refractivity contribution in [2.24, 2.45) is 0 Å². The van der Waals surface area contributed by atoms with Gasteiger partial charge in [-0.25, -0.2) is 12.8 Å². The smallest absolute Gasteiger partial charge is 0.151 e. The fourth-order valence-electron chi connectivity index (χ4n) is 2.42. The van der Waals surface area contributed by atoms with Crippen molar-refractivity contribution in [3.8, 4) is 0 Å². The average molecular weight is 301 g/mol. The summed E-state index contributed by atoms with van der Waals surface area (Å²) < 4.78 is 36.5. The van der Waals surface area contributed by atoms with E-state index in [1.165, 1.54) is 6.07 Å². The average Bonchev–Trinajstić information content (AvgIpc) is 2.57. The number of halogens is 1. The van der Waals surface area contributed by atoms with Crippen LogP contribution >= 0.6 is 0 Å². The molecule has 0 aliphatic carbocycles. The third-order valence-corrected chi connectivity index (χ3v) is 5.35. The van der Waals surface area contributed by atoms with Crippen molar-refractivity contribution in [1.82, 2.24) is 4.90 Å². The molecule has 0 saturated carbocycles. The van der Waals surface area contributed by atoms with Crippen LogP contribution in [0.25, 0.3) is 0 Å². The molecule has 1 unspecified atom stereocenters. The van der Waals surface area contributed by atoms with Crippen molar-refractivity contribution in [2.75, 3.05) is 31.1 Å². The van der Waals surface area contributed by atoms with E-state index in [0.717, 1.165) is 0 Å². The molecule has 0 radical (unpaired) electrons. The third kappa shape index (κ3) is 4.26. The molecule has 1 atom stereocenters. The number of sulfone groups is 1. The Morgan fingerprint density at radius 3 is 2.75 bits per heavy atom. The number of hydrogen-bond donors (Lipinski definition) is 1. The zero-order valence-corrected chi connectivity index (χ0v) is 12.2. The van der Waals surface area contributed by atoms with E-state index >= 15 is 0 Å². The highest BCUT2D eigenvalue weighted by Crippen LogP contribution is 2.20. The minimum Gasteiger partial charge on any atom is -0.388 e. The molecule has 1 saturated heterocycles. The summed E-state index contributed by atoms with van der Waals surface area (Å²) in [5, 5.41) is 10.0. The molecule has 1 aromatic carbocycles. The van der Waals surface area contributed by atoms with Crippen LogP contribution in [0.1, 0.15) is 24.5 Å². The van der Waals surface area contributed by atoms with Gasteiger partial charge >= 0.3 is 0 Å². The fraction of sp³-hybridized carbons (Fsp3) is 0.571. The first-order chi connectivity index (χ1) is 9.48. The van der Waals surface area contributed by atoms with Gasteiger partial charge in [0.05, 0.1) is 17.6 Å². The van der Waals surface area contributed by atoms with Crippen molar-refractivity contribution in [3.63, 3.8) is 0 Å². The minimum absolute atomic E-state index is 0.169. The van der Waals surface area contributed by atoms with Gasteiger partial charge in [0.15, 0.2) is 9.84 Å². The number of aliphatic hydroxyl groups is 1. The lowest BCUT2D eigenvalue weighted by atomic mass is 10.1. The quantitative estimate of drug-likeness (QED) is 0.912. The number of aliphatic hydroxyl groups excluding tert-OH is 1. The first-order valence-corrected chi connectivity index (χ1v) is 8.65. The molecule has 1 aromatic rings. The van der Waals surface area contributed by atoms with E-state index in [4.69, 9.17) is 0 Å². The first-order valence-electron chi connectivity index (χ1n) is 6.83. The molecule has 0 aromatic heterocycles. The normalized spacial score (nSPS) is 21.3. The molecule has 4 nitrogen and oxygen atoms in total. The van der Waals surface area contributed by atoms with Crippen molar-refractivity contribution in [2.45, 2.75) is 18.9 Å². The van der Waals surface area contributed by atoms with Crippen LogP contribution in [0.3, 0.4) is 0 Å². The summed E-state index contributed by atoms with van der Waals surface area (Å²) in [4.78, 5) is 2.02. The molecule has 112 valence electrons. The molecule has 0 amide bonds. The minimum atomic E-state index is -2.91. The molecule has 1 aliphatic heterocycles. The van der Waals surface area contributed by atoms with E-state index in [2.05, 4.69) is 0 Å². The number of rotatable bonds is 4. The molecule has 1 N–H and O–H groups in total. The standard InChI is InChI=1S/C14H20FNO3S/c15-13-5-2-1-4-12(13)14(17)6-8-16-7-3-10-20(18,19)11-9-16/h1-2,4-5,14,17H,3,6-11H2. The Balaban J connectivity index is 1.87. The van der Waals surface area contributed by atoms with Crippen LogP contribution in [0.2, 0.25) is 0 Å². The summed E-state index contributed by atoms with van der Waals surface area (Å²) in [5.74, 6) is 0.000703. The van der Waals surface area contributed by atoms with Gasteiger partial charge in [0.25, 0.3) is 0 Å². The summed E-state index contributed by atoms with van der Waals surface area (Å²) in [5.41, 5.74) is 0.301. The van der Waals surface area contributed by atoms with Gasteiger partial charge in [-0.1, -0.05) is 18.2 Å². The van der Waals surface area contributed by atoms with Gasteiger partial charge < -0.3 is 10.0 Å². The maximum absolute atomic E-state index is 13.5. The molecule has 0 spiro atoms. The Kier molecular flexibility index (Phi) is 5.12. The molecule has 0 bridgehead atoms. The van der Waals surface area contributed by atoms with Gasteiger partial charge in [-0.2, -0.15) is 0 Å². The summed E-state index contributed by atoms with van der Waals surface area (Å²) in [6, 6.07) is 6.19. The second kappa shape index (κ2) is 6.65. The van der Waals surface area contributed by atoms with Gasteiger partial charge in [0.2, 0.25) is 0 Å². The topological polar surface area (TPSA) is 57.6 Å². The SMILES string of the molecule is O=S1(=O)CCCN(CCC(O)c2ccccc2F)CC1. The van der Waals surface area contributed by atoms with E-state index in [1.807, 2.05) is 4.90 Å². The Morgan fingerprint density at radius 2 is 2.00 bits per heavy atom. The Bertz CT molecular complexity index is 547. The van der Waals surface area contributed by atoms with Crippen molar-refractivity contribution >= 4 is 9.84 Å². The van der Waals surface area contributed by atoms with Gasteiger partial charge in [-0.3, -0.25) is 0 Å². The molecule has 1 heterocycles. The van der Waals surface area contributed by atoms with Crippen LogP contribution in [-0.2, 0) is 9.84 Å².